The van der Waals surface area contributed by atoms with E-state index in [0.717, 1.165) is 38.1 Å². The van der Waals surface area contributed by atoms with Crippen LogP contribution in [0, 0.1) is 11.2 Å². The Hall–Kier alpha value is -3.97. The van der Waals surface area contributed by atoms with Gasteiger partial charge in [-0.05, 0) is 67.9 Å². The minimum Gasteiger partial charge on any atom is -0.487 e. The first-order chi connectivity index (χ1) is 20.0. The maximum Gasteiger partial charge on any atom is 0.402 e. The Morgan fingerprint density at radius 3 is 2.14 bits per heavy atom. The Morgan fingerprint density at radius 2 is 1.51 bits per heavy atom. The number of carbonyl (C=O) groups excluding carboxylic acids is 3. The third-order valence-corrected chi connectivity index (χ3v) is 6.52. The number of alkyl halides is 5. The van der Waals surface area contributed by atoms with Crippen LogP contribution in [0.3, 0.4) is 0 Å². The minimum absolute atomic E-state index is 0.00137. The van der Waals surface area contributed by atoms with Gasteiger partial charge < -0.3 is 20.7 Å². The summed E-state index contributed by atoms with van der Waals surface area (Å²) in [5.41, 5.74) is -2.87. The molecule has 3 N–H and O–H groups in total. The van der Waals surface area contributed by atoms with Crippen molar-refractivity contribution >= 4 is 52.3 Å². The molecule has 0 heterocycles. The number of hydrogen-bond donors (Lipinski definition) is 3. The van der Waals surface area contributed by atoms with Gasteiger partial charge in [-0.2, -0.15) is 13.2 Å². The summed E-state index contributed by atoms with van der Waals surface area (Å²) in [5.74, 6) is -4.00. The topological polar surface area (TPSA) is 96.5 Å². The molecule has 0 saturated carbocycles. The molecule has 0 bridgehead atoms. The van der Waals surface area contributed by atoms with Crippen LogP contribution < -0.4 is 20.7 Å². The van der Waals surface area contributed by atoms with Gasteiger partial charge >= 0.3 is 6.18 Å². The van der Waals surface area contributed by atoms with Gasteiger partial charge in [0, 0.05) is 22.9 Å². The fraction of sp³-hybridized carbons (Fsp3) is 0.250. The van der Waals surface area contributed by atoms with Crippen molar-refractivity contribution in [1.29, 1.82) is 0 Å². The molecule has 0 unspecified atom stereocenters. The Morgan fingerprint density at radius 1 is 0.860 bits per heavy atom. The molecule has 7 nitrogen and oxygen atoms in total. The predicted octanol–water partition coefficient (Wildman–Crippen LogP) is 7.49. The van der Waals surface area contributed by atoms with Gasteiger partial charge in [0.15, 0.2) is 0 Å². The molecule has 0 saturated heterocycles. The standard InChI is InChI=1S/C28H23Cl2F6N3O4/c1-27(2,28(34,35)36)26(42)37-12-14-3-5-21(30)19(7-14)24(40)38-17-4-6-22(43-13-23(32)33)20(11-17)25(41)39-18-9-15(29)8-16(31)10-18/h3-11,23H,12-13H2,1-2H3,(H,37,42)(H,38,40)(H,39,41). The van der Waals surface area contributed by atoms with Gasteiger partial charge in [-0.1, -0.05) is 29.3 Å². The number of hydrogen-bond acceptors (Lipinski definition) is 4. The Kier molecular flexibility index (Phi) is 10.6. The van der Waals surface area contributed by atoms with Crippen molar-refractivity contribution in [3.05, 3.63) is 87.2 Å². The lowest BCUT2D eigenvalue weighted by atomic mass is 9.91. The van der Waals surface area contributed by atoms with Gasteiger partial charge in [-0.3, -0.25) is 14.4 Å². The third-order valence-electron chi connectivity index (χ3n) is 5.97. The highest BCUT2D eigenvalue weighted by atomic mass is 35.5. The molecule has 3 amide bonds. The summed E-state index contributed by atoms with van der Waals surface area (Å²) < 4.78 is 83.7. The fourth-order valence-electron chi connectivity index (χ4n) is 3.48. The largest absolute Gasteiger partial charge is 0.487 e. The minimum atomic E-state index is -4.79. The average Bonchev–Trinajstić information content (AvgIpc) is 2.90. The van der Waals surface area contributed by atoms with Crippen LogP contribution in [0.15, 0.2) is 54.6 Å². The number of benzene rings is 3. The summed E-state index contributed by atoms with van der Waals surface area (Å²) in [6.07, 6.45) is -7.65. The normalized spacial score (nSPS) is 11.7. The molecular weight excluding hydrogens is 627 g/mol. The van der Waals surface area contributed by atoms with Crippen LogP contribution in [-0.2, 0) is 11.3 Å². The van der Waals surface area contributed by atoms with E-state index in [1.54, 1.807) is 0 Å². The molecule has 230 valence electrons. The zero-order chi connectivity index (χ0) is 32.1. The van der Waals surface area contributed by atoms with E-state index in [2.05, 4.69) is 16.0 Å². The van der Waals surface area contributed by atoms with Crippen molar-refractivity contribution in [2.75, 3.05) is 17.2 Å². The molecule has 0 aliphatic heterocycles. The van der Waals surface area contributed by atoms with Gasteiger partial charge in [-0.25, -0.2) is 13.2 Å². The van der Waals surface area contributed by atoms with Crippen LogP contribution in [0.4, 0.5) is 37.7 Å². The van der Waals surface area contributed by atoms with E-state index in [1.807, 2.05) is 0 Å². The SMILES string of the molecule is CC(C)(C(=O)NCc1ccc(Cl)c(C(=O)Nc2ccc(OCC(F)F)c(C(=O)Nc3cc(F)cc(Cl)c3)c2)c1)C(F)(F)F. The number of halogens is 8. The first-order valence-corrected chi connectivity index (χ1v) is 13.0. The van der Waals surface area contributed by atoms with Crippen molar-refractivity contribution in [3.8, 4) is 5.75 Å². The van der Waals surface area contributed by atoms with Gasteiger partial charge in [-0.15, -0.1) is 0 Å². The quantitative estimate of drug-likeness (QED) is 0.198. The van der Waals surface area contributed by atoms with Crippen LogP contribution in [-0.4, -0.2) is 36.9 Å². The highest BCUT2D eigenvalue weighted by Crippen LogP contribution is 2.37. The molecule has 0 aliphatic rings. The highest BCUT2D eigenvalue weighted by molar-refractivity contribution is 6.34. The highest BCUT2D eigenvalue weighted by Gasteiger charge is 2.52. The van der Waals surface area contributed by atoms with E-state index >= 15 is 0 Å². The third kappa shape index (κ3) is 8.77. The van der Waals surface area contributed by atoms with E-state index in [-0.39, 0.29) is 50.4 Å². The summed E-state index contributed by atoms with van der Waals surface area (Å²) >= 11 is 12.0. The van der Waals surface area contributed by atoms with Gasteiger partial charge in [0.2, 0.25) is 5.91 Å². The zero-order valence-corrected chi connectivity index (χ0v) is 23.9. The second kappa shape index (κ2) is 13.6. The van der Waals surface area contributed by atoms with Gasteiger partial charge in [0.1, 0.15) is 23.6 Å². The first kappa shape index (κ1) is 33.5. The van der Waals surface area contributed by atoms with Crippen molar-refractivity contribution in [2.45, 2.75) is 33.0 Å². The molecule has 0 aliphatic carbocycles. The molecule has 0 fully saturated rings. The van der Waals surface area contributed by atoms with Crippen molar-refractivity contribution in [1.82, 2.24) is 5.32 Å². The maximum atomic E-state index is 13.7. The molecule has 3 rings (SSSR count). The molecule has 0 atom stereocenters. The van der Waals surface area contributed by atoms with Crippen molar-refractivity contribution in [3.63, 3.8) is 0 Å². The lowest BCUT2D eigenvalue weighted by molar-refractivity contribution is -0.211. The fourth-order valence-corrected chi connectivity index (χ4v) is 3.90. The number of anilines is 2. The molecule has 3 aromatic rings. The maximum absolute atomic E-state index is 13.7. The van der Waals surface area contributed by atoms with E-state index in [0.29, 0.717) is 0 Å². The van der Waals surface area contributed by atoms with Crippen molar-refractivity contribution in [2.24, 2.45) is 5.41 Å². The summed E-state index contributed by atoms with van der Waals surface area (Å²) in [5, 5.41) is 6.97. The Balaban J connectivity index is 1.83. The van der Waals surface area contributed by atoms with Gasteiger partial charge in [0.05, 0.1) is 16.1 Å². The van der Waals surface area contributed by atoms with Crippen LogP contribution in [0.25, 0.3) is 0 Å². The lowest BCUT2D eigenvalue weighted by Crippen LogP contribution is -2.46. The molecule has 43 heavy (non-hydrogen) atoms. The smallest absolute Gasteiger partial charge is 0.402 e. The van der Waals surface area contributed by atoms with E-state index in [9.17, 15) is 40.7 Å². The number of amides is 3. The first-order valence-electron chi connectivity index (χ1n) is 12.2. The number of ether oxygens (including phenoxy) is 1. The summed E-state index contributed by atoms with van der Waals surface area (Å²) in [6.45, 7) is 0.0701. The summed E-state index contributed by atoms with van der Waals surface area (Å²) in [6, 6.07) is 10.7. The van der Waals surface area contributed by atoms with Crippen LogP contribution in [0.2, 0.25) is 10.0 Å². The van der Waals surface area contributed by atoms with Crippen LogP contribution >= 0.6 is 23.2 Å². The van der Waals surface area contributed by atoms with E-state index < -0.39 is 48.2 Å². The second-order valence-electron chi connectivity index (χ2n) is 9.60. The van der Waals surface area contributed by atoms with E-state index in [4.69, 9.17) is 27.9 Å². The molecule has 0 spiro atoms. The Labute approximate surface area is 251 Å². The predicted molar refractivity (Wildman–Crippen MR) is 148 cm³/mol. The van der Waals surface area contributed by atoms with E-state index in [1.165, 1.54) is 30.3 Å². The Bertz CT molecular complexity index is 1510. The van der Waals surface area contributed by atoms with Gasteiger partial charge in [0.25, 0.3) is 18.2 Å². The second-order valence-corrected chi connectivity index (χ2v) is 10.4. The average molecular weight is 650 g/mol. The number of rotatable bonds is 10. The summed E-state index contributed by atoms with van der Waals surface area (Å²) in [7, 11) is 0. The molecule has 0 radical (unpaired) electrons. The molecular formula is C28H23Cl2F6N3O4. The van der Waals surface area contributed by atoms with Crippen LogP contribution in [0.5, 0.6) is 5.75 Å². The zero-order valence-electron chi connectivity index (χ0n) is 22.3. The van der Waals surface area contributed by atoms with Crippen LogP contribution in [0.1, 0.15) is 40.1 Å². The monoisotopic (exact) mass is 649 g/mol. The lowest BCUT2D eigenvalue weighted by Gasteiger charge is -2.26. The summed E-state index contributed by atoms with van der Waals surface area (Å²) in [4.78, 5) is 38.1. The number of nitrogens with one attached hydrogen (secondary N) is 3. The van der Waals surface area contributed by atoms with Crippen molar-refractivity contribution < 1.29 is 45.5 Å². The molecule has 0 aromatic heterocycles. The molecule has 3 aromatic carbocycles. The number of carbonyl (C=O) groups is 3. The molecule has 15 heteroatoms.